The number of ether oxygens (including phenoxy) is 4. The minimum absolute atomic E-state index is 0.172. The molecular formula is C45H86O12S. The number of esters is 2. The predicted molar refractivity (Wildman–Crippen MR) is 229 cm³/mol. The van der Waals surface area contributed by atoms with Gasteiger partial charge in [0, 0.05) is 12.8 Å². The molecule has 4 N–H and O–H groups in total. The maximum Gasteiger partial charge on any atom is 0.306 e. The fraction of sp³-hybridized carbons (Fsp3) is 0.956. The molecule has 0 unspecified atom stereocenters. The predicted octanol–water partition coefficient (Wildman–Crippen LogP) is 9.68. The average Bonchev–Trinajstić information content (AvgIpc) is 3.18. The number of hydrogen-bond acceptors (Lipinski definition) is 11. The van der Waals surface area contributed by atoms with E-state index in [0.717, 1.165) is 38.5 Å². The summed E-state index contributed by atoms with van der Waals surface area (Å²) < 4.78 is 54.1. The van der Waals surface area contributed by atoms with Crippen LogP contribution in [-0.2, 0) is 38.7 Å². The zero-order valence-corrected chi connectivity index (χ0v) is 37.5. The summed E-state index contributed by atoms with van der Waals surface area (Å²) in [6.45, 7) is 3.79. The second-order valence-electron chi connectivity index (χ2n) is 16.8. The van der Waals surface area contributed by atoms with Crippen LogP contribution in [0, 0.1) is 0 Å². The van der Waals surface area contributed by atoms with Crippen molar-refractivity contribution in [3.63, 3.8) is 0 Å². The van der Waals surface area contributed by atoms with Crippen LogP contribution in [-0.4, -0.2) is 96.0 Å². The van der Waals surface area contributed by atoms with Crippen LogP contribution in [0.5, 0.6) is 0 Å². The zero-order chi connectivity index (χ0) is 42.7. The topological polar surface area (TPSA) is 186 Å². The monoisotopic (exact) mass is 851 g/mol. The van der Waals surface area contributed by atoms with Gasteiger partial charge >= 0.3 is 11.9 Å². The molecule has 1 saturated heterocycles. The fourth-order valence-electron chi connectivity index (χ4n) is 7.50. The smallest absolute Gasteiger partial charge is 0.306 e. The van der Waals surface area contributed by atoms with Crippen LogP contribution in [0.1, 0.15) is 219 Å². The Morgan fingerprint density at radius 1 is 0.517 bits per heavy atom. The van der Waals surface area contributed by atoms with E-state index in [4.69, 9.17) is 18.9 Å². The lowest BCUT2D eigenvalue weighted by Crippen LogP contribution is -2.60. The van der Waals surface area contributed by atoms with Gasteiger partial charge in [-0.2, -0.15) is 8.42 Å². The molecule has 1 fully saturated rings. The van der Waals surface area contributed by atoms with Crippen LogP contribution < -0.4 is 0 Å². The minimum Gasteiger partial charge on any atom is -0.462 e. The van der Waals surface area contributed by atoms with Gasteiger partial charge in [-0.25, -0.2) is 0 Å². The van der Waals surface area contributed by atoms with Crippen LogP contribution in [0.15, 0.2) is 0 Å². The molecule has 0 aromatic heterocycles. The summed E-state index contributed by atoms with van der Waals surface area (Å²) in [6, 6.07) is 0. The highest BCUT2D eigenvalue weighted by atomic mass is 32.2. The first-order valence-corrected chi connectivity index (χ1v) is 25.2. The number of carbonyl (C=O) groups is 2. The van der Waals surface area contributed by atoms with Crippen LogP contribution in [0.3, 0.4) is 0 Å². The number of aliphatic hydroxyl groups is 3. The van der Waals surface area contributed by atoms with Gasteiger partial charge < -0.3 is 34.3 Å². The van der Waals surface area contributed by atoms with E-state index in [0.29, 0.717) is 12.8 Å². The maximum atomic E-state index is 12.8. The molecule has 1 aliphatic heterocycles. The van der Waals surface area contributed by atoms with E-state index in [2.05, 4.69) is 13.8 Å². The summed E-state index contributed by atoms with van der Waals surface area (Å²) in [5.41, 5.74) is 0. The Hall–Kier alpha value is -1.35. The van der Waals surface area contributed by atoms with Gasteiger partial charge in [0.1, 0.15) is 36.8 Å². The number of rotatable bonds is 40. The van der Waals surface area contributed by atoms with Crippen molar-refractivity contribution in [1.82, 2.24) is 0 Å². The van der Waals surface area contributed by atoms with E-state index in [-0.39, 0.29) is 19.4 Å². The average molecular weight is 851 g/mol. The van der Waals surface area contributed by atoms with E-state index in [1.165, 1.54) is 141 Å². The first-order chi connectivity index (χ1) is 28.0. The summed E-state index contributed by atoms with van der Waals surface area (Å²) in [4.78, 5) is 25.4. The molecule has 344 valence electrons. The van der Waals surface area contributed by atoms with Crippen molar-refractivity contribution in [3.05, 3.63) is 0 Å². The van der Waals surface area contributed by atoms with Crippen molar-refractivity contribution >= 4 is 22.1 Å². The lowest BCUT2D eigenvalue weighted by molar-refractivity contribution is -0.297. The van der Waals surface area contributed by atoms with Gasteiger partial charge in [-0.1, -0.05) is 194 Å². The lowest BCUT2D eigenvalue weighted by atomic mass is 10.00. The van der Waals surface area contributed by atoms with E-state index in [1.54, 1.807) is 0 Å². The van der Waals surface area contributed by atoms with Gasteiger partial charge in [0.15, 0.2) is 12.4 Å². The molecule has 13 heteroatoms. The Balaban J connectivity index is 2.41. The van der Waals surface area contributed by atoms with E-state index < -0.39 is 71.2 Å². The van der Waals surface area contributed by atoms with Crippen molar-refractivity contribution < 1.29 is 56.8 Å². The molecule has 1 heterocycles. The molecule has 0 amide bonds. The largest absolute Gasteiger partial charge is 0.462 e. The molecule has 0 aromatic rings. The summed E-state index contributed by atoms with van der Waals surface area (Å²) >= 11 is 0. The Morgan fingerprint density at radius 3 is 1.26 bits per heavy atom. The second kappa shape index (κ2) is 36.3. The van der Waals surface area contributed by atoms with Crippen LogP contribution in [0.25, 0.3) is 0 Å². The summed E-state index contributed by atoms with van der Waals surface area (Å²) in [5.74, 6) is -1.96. The van der Waals surface area contributed by atoms with Crippen molar-refractivity contribution in [3.8, 4) is 0 Å². The van der Waals surface area contributed by atoms with Crippen LogP contribution in [0.4, 0.5) is 0 Å². The van der Waals surface area contributed by atoms with Gasteiger partial charge in [-0.3, -0.25) is 14.1 Å². The number of hydrogen-bond donors (Lipinski definition) is 4. The van der Waals surface area contributed by atoms with Crippen molar-refractivity contribution in [1.29, 1.82) is 0 Å². The molecule has 0 bridgehead atoms. The zero-order valence-electron chi connectivity index (χ0n) is 36.7. The first kappa shape index (κ1) is 54.7. The minimum atomic E-state index is -4.60. The van der Waals surface area contributed by atoms with Crippen LogP contribution in [0.2, 0.25) is 0 Å². The van der Waals surface area contributed by atoms with Gasteiger partial charge in [0.05, 0.1) is 6.61 Å². The lowest BCUT2D eigenvalue weighted by Gasteiger charge is -2.40. The normalized spacial score (nSPS) is 20.3. The highest BCUT2D eigenvalue weighted by molar-refractivity contribution is 7.85. The number of aliphatic hydroxyl groups excluding tert-OH is 3. The molecule has 0 aliphatic carbocycles. The quantitative estimate of drug-likeness (QED) is 0.0260. The molecule has 1 rings (SSSR count). The second-order valence-corrected chi connectivity index (χ2v) is 18.3. The third kappa shape index (κ3) is 30.6. The van der Waals surface area contributed by atoms with E-state index >= 15 is 0 Å². The SMILES string of the molecule is CCCCCCCCCCCCCCCCCC(=O)OC[C@@H](CO[C@@H]1O[C@@H](CS(=O)(=O)O)[C@@H](O)[C@@H](O)[C@H]1O)OC(=O)CCCCCCCCCCCCCCCCC. The summed E-state index contributed by atoms with van der Waals surface area (Å²) in [6.07, 6.45) is 27.1. The van der Waals surface area contributed by atoms with E-state index in [9.17, 15) is 37.9 Å². The molecule has 12 nitrogen and oxygen atoms in total. The highest BCUT2D eigenvalue weighted by Crippen LogP contribution is 2.24. The van der Waals surface area contributed by atoms with Gasteiger partial charge in [-0.15, -0.1) is 0 Å². The molecule has 0 radical (unpaired) electrons. The maximum absolute atomic E-state index is 12.8. The molecule has 0 saturated carbocycles. The molecular weight excluding hydrogens is 765 g/mol. The molecule has 0 spiro atoms. The Bertz CT molecular complexity index is 1090. The number of carbonyl (C=O) groups excluding carboxylic acids is 2. The first-order valence-electron chi connectivity index (χ1n) is 23.6. The fourth-order valence-corrected chi connectivity index (χ4v) is 8.19. The molecule has 6 atom stereocenters. The molecule has 58 heavy (non-hydrogen) atoms. The Kier molecular flexibility index (Phi) is 34.2. The Morgan fingerprint density at radius 2 is 0.879 bits per heavy atom. The van der Waals surface area contributed by atoms with Crippen molar-refractivity contribution in [2.75, 3.05) is 19.0 Å². The van der Waals surface area contributed by atoms with Gasteiger partial charge in [0.25, 0.3) is 10.1 Å². The van der Waals surface area contributed by atoms with Gasteiger partial charge in [0.2, 0.25) is 0 Å². The summed E-state index contributed by atoms with van der Waals surface area (Å²) in [7, 11) is -4.60. The van der Waals surface area contributed by atoms with Crippen LogP contribution >= 0.6 is 0 Å². The van der Waals surface area contributed by atoms with E-state index in [1.807, 2.05) is 0 Å². The number of unbranched alkanes of at least 4 members (excludes halogenated alkanes) is 28. The molecule has 1 aliphatic rings. The third-order valence-corrected chi connectivity index (χ3v) is 11.9. The molecule has 0 aromatic carbocycles. The standard InChI is InChI=1S/C45H86O12S/c1-3-5-7-9-11-13-15-17-19-21-23-25-27-29-31-33-40(46)54-35-38(36-55-45-44(50)43(49)42(48)39(57-45)37-58(51,52)53)56-41(47)34-32-30-28-26-24-22-20-18-16-14-12-10-8-6-4-2/h38-39,42-45,48-50H,3-37H2,1-2H3,(H,51,52,53)/t38-,39-,42+,43+,44+,45+/m0/s1. The van der Waals surface area contributed by atoms with Crippen molar-refractivity contribution in [2.24, 2.45) is 0 Å². The highest BCUT2D eigenvalue weighted by Gasteiger charge is 2.46. The summed E-state index contributed by atoms with van der Waals surface area (Å²) in [5, 5.41) is 30.9. The third-order valence-electron chi connectivity index (χ3n) is 11.2. The van der Waals surface area contributed by atoms with Crippen molar-refractivity contribution in [2.45, 2.75) is 256 Å². The van der Waals surface area contributed by atoms with Gasteiger partial charge in [-0.05, 0) is 12.8 Å². The Labute approximate surface area is 353 Å².